The Bertz CT molecular complexity index is 741. The highest BCUT2D eigenvalue weighted by Gasteiger charge is 2.30. The zero-order valence-electron chi connectivity index (χ0n) is 15.2. The minimum Gasteiger partial charge on any atom is -0.485 e. The summed E-state index contributed by atoms with van der Waals surface area (Å²) in [6, 6.07) is 5.61. The van der Waals surface area contributed by atoms with Crippen LogP contribution in [0.5, 0.6) is 5.75 Å². The second kappa shape index (κ2) is 7.13. The van der Waals surface area contributed by atoms with Crippen molar-refractivity contribution in [2.24, 2.45) is 0 Å². The summed E-state index contributed by atoms with van der Waals surface area (Å²) in [6.45, 7) is 5.37. The predicted molar refractivity (Wildman–Crippen MR) is 96.2 cm³/mol. The molecule has 0 bridgehead atoms. The van der Waals surface area contributed by atoms with E-state index in [4.69, 9.17) is 4.74 Å². The van der Waals surface area contributed by atoms with Gasteiger partial charge in [0.2, 0.25) is 0 Å². The fourth-order valence-corrected chi connectivity index (χ4v) is 2.90. The number of aromatic amines is 1. The lowest BCUT2D eigenvalue weighted by atomic mass is 10.1. The van der Waals surface area contributed by atoms with E-state index in [0.717, 1.165) is 23.7 Å². The quantitative estimate of drug-likeness (QED) is 0.901. The van der Waals surface area contributed by atoms with Gasteiger partial charge in [-0.05, 0) is 24.1 Å². The summed E-state index contributed by atoms with van der Waals surface area (Å²) < 4.78 is 6.10. The summed E-state index contributed by atoms with van der Waals surface area (Å²) in [6.07, 6.45) is 2.52. The summed E-state index contributed by atoms with van der Waals surface area (Å²) in [7, 11) is 3.87. The van der Waals surface area contributed by atoms with E-state index in [2.05, 4.69) is 29.0 Å². The van der Waals surface area contributed by atoms with Crippen LogP contribution in [-0.2, 0) is 0 Å². The Hall–Kier alpha value is -2.57. The van der Waals surface area contributed by atoms with Crippen LogP contribution in [0.4, 0.5) is 5.82 Å². The first kappa shape index (κ1) is 17.3. The predicted octanol–water partition coefficient (Wildman–Crippen LogP) is 2.29. The van der Waals surface area contributed by atoms with Crippen molar-refractivity contribution in [3.63, 3.8) is 0 Å². The normalized spacial score (nSPS) is 17.2. The molecule has 0 unspecified atom stereocenters. The Labute approximate surface area is 148 Å². The summed E-state index contributed by atoms with van der Waals surface area (Å²) >= 11 is 0. The zero-order valence-corrected chi connectivity index (χ0v) is 15.2. The Kier molecular flexibility index (Phi) is 4.92. The molecule has 1 aliphatic rings. The molecule has 25 heavy (non-hydrogen) atoms. The van der Waals surface area contributed by atoms with Gasteiger partial charge in [0.05, 0.1) is 6.54 Å². The molecule has 0 spiro atoms. The minimum absolute atomic E-state index is 0.0321. The Balaban J connectivity index is 1.64. The van der Waals surface area contributed by atoms with Crippen LogP contribution in [0.1, 0.15) is 42.4 Å². The number of ether oxygens (including phenoxy) is 1. The standard InChI is InChI=1S/C18H25N5O2/c1-12(2)14-10-15(21-20-14)18(24)23-9-7-13(11-23)25-16-6-5-8-19-17(16)22(3)4/h5-6,8,10,12-13H,7,9,11H2,1-4H3,(H,20,21)/t13-/m0/s1. The van der Waals surface area contributed by atoms with E-state index in [1.807, 2.05) is 37.2 Å². The third-order valence-electron chi connectivity index (χ3n) is 4.34. The van der Waals surface area contributed by atoms with Crippen LogP contribution in [0.15, 0.2) is 24.4 Å². The summed E-state index contributed by atoms with van der Waals surface area (Å²) in [5.41, 5.74) is 1.45. The molecule has 1 aliphatic heterocycles. The average molecular weight is 343 g/mol. The van der Waals surface area contributed by atoms with Crippen LogP contribution in [0, 0.1) is 0 Å². The van der Waals surface area contributed by atoms with E-state index in [0.29, 0.717) is 24.7 Å². The molecule has 1 fully saturated rings. The van der Waals surface area contributed by atoms with Gasteiger partial charge in [0.1, 0.15) is 11.8 Å². The fraction of sp³-hybridized carbons (Fsp3) is 0.500. The number of hydrogen-bond acceptors (Lipinski definition) is 5. The van der Waals surface area contributed by atoms with Crippen molar-refractivity contribution in [1.82, 2.24) is 20.1 Å². The van der Waals surface area contributed by atoms with Gasteiger partial charge in [0.15, 0.2) is 11.6 Å². The van der Waals surface area contributed by atoms with Gasteiger partial charge in [-0.3, -0.25) is 9.89 Å². The first-order valence-corrected chi connectivity index (χ1v) is 8.59. The van der Waals surface area contributed by atoms with Gasteiger partial charge in [0, 0.05) is 39.0 Å². The van der Waals surface area contributed by atoms with Crippen molar-refractivity contribution >= 4 is 11.7 Å². The lowest BCUT2D eigenvalue weighted by molar-refractivity contribution is 0.0766. The minimum atomic E-state index is -0.0479. The van der Waals surface area contributed by atoms with Crippen molar-refractivity contribution in [2.75, 3.05) is 32.1 Å². The molecule has 134 valence electrons. The molecule has 0 aliphatic carbocycles. The van der Waals surface area contributed by atoms with Crippen LogP contribution in [-0.4, -0.2) is 59.3 Å². The summed E-state index contributed by atoms with van der Waals surface area (Å²) in [4.78, 5) is 20.7. The molecule has 2 aromatic heterocycles. The van der Waals surface area contributed by atoms with E-state index in [-0.39, 0.29) is 12.0 Å². The number of rotatable bonds is 5. The topological polar surface area (TPSA) is 74.4 Å². The second-order valence-electron chi connectivity index (χ2n) is 6.86. The van der Waals surface area contributed by atoms with Crippen molar-refractivity contribution in [3.8, 4) is 5.75 Å². The first-order chi connectivity index (χ1) is 12.0. The third kappa shape index (κ3) is 3.75. The van der Waals surface area contributed by atoms with Crippen LogP contribution in [0.3, 0.4) is 0 Å². The van der Waals surface area contributed by atoms with Gasteiger partial charge in [0.25, 0.3) is 5.91 Å². The number of pyridine rings is 1. The second-order valence-corrected chi connectivity index (χ2v) is 6.86. The molecule has 3 rings (SSSR count). The molecule has 7 nitrogen and oxygen atoms in total. The number of likely N-dealkylation sites (tertiary alicyclic amines) is 1. The maximum Gasteiger partial charge on any atom is 0.274 e. The first-order valence-electron chi connectivity index (χ1n) is 8.59. The Morgan fingerprint density at radius 3 is 2.92 bits per heavy atom. The highest BCUT2D eigenvalue weighted by Crippen LogP contribution is 2.27. The maximum atomic E-state index is 12.6. The van der Waals surface area contributed by atoms with E-state index in [9.17, 15) is 4.79 Å². The number of aromatic nitrogens is 3. The van der Waals surface area contributed by atoms with Crippen LogP contribution < -0.4 is 9.64 Å². The molecular weight excluding hydrogens is 318 g/mol. The number of amides is 1. The molecule has 0 radical (unpaired) electrons. The lowest BCUT2D eigenvalue weighted by Crippen LogP contribution is -2.31. The molecule has 1 atom stereocenters. The smallest absolute Gasteiger partial charge is 0.274 e. The van der Waals surface area contributed by atoms with Gasteiger partial charge >= 0.3 is 0 Å². The summed E-state index contributed by atoms with van der Waals surface area (Å²) in [5.74, 6) is 1.81. The van der Waals surface area contributed by atoms with Crippen molar-refractivity contribution < 1.29 is 9.53 Å². The molecule has 1 N–H and O–H groups in total. The van der Waals surface area contributed by atoms with E-state index >= 15 is 0 Å². The molecule has 3 heterocycles. The number of hydrogen-bond donors (Lipinski definition) is 1. The Morgan fingerprint density at radius 2 is 2.24 bits per heavy atom. The van der Waals surface area contributed by atoms with Crippen LogP contribution in [0.2, 0.25) is 0 Å². The monoisotopic (exact) mass is 343 g/mol. The number of H-pyrrole nitrogens is 1. The van der Waals surface area contributed by atoms with Gasteiger partial charge in [-0.25, -0.2) is 4.98 Å². The lowest BCUT2D eigenvalue weighted by Gasteiger charge is -2.20. The number of nitrogens with one attached hydrogen (secondary N) is 1. The summed E-state index contributed by atoms with van der Waals surface area (Å²) in [5, 5.41) is 7.09. The molecule has 1 saturated heterocycles. The van der Waals surface area contributed by atoms with Crippen molar-refractivity contribution in [1.29, 1.82) is 0 Å². The zero-order chi connectivity index (χ0) is 18.0. The van der Waals surface area contributed by atoms with Crippen molar-refractivity contribution in [2.45, 2.75) is 32.3 Å². The average Bonchev–Trinajstić information content (AvgIpc) is 3.24. The Morgan fingerprint density at radius 1 is 1.44 bits per heavy atom. The van der Waals surface area contributed by atoms with Gasteiger partial charge in [-0.1, -0.05) is 13.8 Å². The van der Waals surface area contributed by atoms with E-state index in [1.165, 1.54) is 0 Å². The highest BCUT2D eigenvalue weighted by molar-refractivity contribution is 5.92. The molecule has 0 aromatic carbocycles. The number of carbonyl (C=O) groups excluding carboxylic acids is 1. The number of anilines is 1. The maximum absolute atomic E-state index is 12.6. The molecule has 1 amide bonds. The van der Waals surface area contributed by atoms with Crippen molar-refractivity contribution in [3.05, 3.63) is 35.8 Å². The molecule has 0 saturated carbocycles. The van der Waals surface area contributed by atoms with Gasteiger partial charge in [-0.2, -0.15) is 5.10 Å². The van der Waals surface area contributed by atoms with Crippen LogP contribution >= 0.6 is 0 Å². The van der Waals surface area contributed by atoms with Gasteiger partial charge < -0.3 is 14.5 Å². The molecule has 2 aromatic rings. The van der Waals surface area contributed by atoms with Crippen LogP contribution in [0.25, 0.3) is 0 Å². The fourth-order valence-electron chi connectivity index (χ4n) is 2.90. The molecule has 7 heteroatoms. The molecular formula is C18H25N5O2. The highest BCUT2D eigenvalue weighted by atomic mass is 16.5. The third-order valence-corrected chi connectivity index (χ3v) is 4.34. The van der Waals surface area contributed by atoms with E-state index < -0.39 is 0 Å². The largest absolute Gasteiger partial charge is 0.485 e. The number of carbonyl (C=O) groups is 1. The van der Waals surface area contributed by atoms with E-state index in [1.54, 1.807) is 11.1 Å². The van der Waals surface area contributed by atoms with Gasteiger partial charge in [-0.15, -0.1) is 0 Å². The number of nitrogens with zero attached hydrogens (tertiary/aromatic N) is 4. The SMILES string of the molecule is CC(C)c1cc(C(=O)N2CC[C@H](Oc3cccnc3N(C)C)C2)n[nH]1.